The maximum absolute atomic E-state index is 6.10. The van der Waals surface area contributed by atoms with Crippen LogP contribution in [0.25, 0.3) is 0 Å². The van der Waals surface area contributed by atoms with Crippen molar-refractivity contribution in [2.45, 2.75) is 13.8 Å². The zero-order valence-corrected chi connectivity index (χ0v) is 13.0. The predicted octanol–water partition coefficient (Wildman–Crippen LogP) is 1.05. The van der Waals surface area contributed by atoms with Crippen LogP contribution in [0, 0.1) is 0 Å². The minimum absolute atomic E-state index is 0.698. The first-order chi connectivity index (χ1) is 8.60. The van der Waals surface area contributed by atoms with Crippen LogP contribution in [0.5, 0.6) is 5.75 Å². The van der Waals surface area contributed by atoms with Gasteiger partial charge in [-0.15, -0.1) is 0 Å². The van der Waals surface area contributed by atoms with Crippen molar-refractivity contribution in [2.75, 3.05) is 34.4 Å². The average Bonchev–Trinajstić information content (AvgIpc) is 2.38. The first kappa shape index (κ1) is 15.2. The Balaban J connectivity index is 3.13. The molecule has 0 fully saturated rings. The topological polar surface area (TPSA) is 33.7 Å². The summed E-state index contributed by atoms with van der Waals surface area (Å²) in [6.45, 7) is 5.72. The molecule has 0 spiro atoms. The first-order valence-electron chi connectivity index (χ1n) is 6.31. The molecule has 5 heteroatoms. The van der Waals surface area contributed by atoms with Gasteiger partial charge in [0.2, 0.25) is 0 Å². The van der Waals surface area contributed by atoms with Gasteiger partial charge in [0.1, 0.15) is 5.75 Å². The van der Waals surface area contributed by atoms with E-state index in [1.54, 1.807) is 7.11 Å². The fourth-order valence-electron chi connectivity index (χ4n) is 2.05. The number of rotatable bonds is 7. The second-order valence-electron chi connectivity index (χ2n) is 4.23. The Labute approximate surface area is 111 Å². The highest BCUT2D eigenvalue weighted by Crippen LogP contribution is 2.11. The second-order valence-corrected chi connectivity index (χ2v) is 7.63. The molecule has 1 atom stereocenters. The lowest BCUT2D eigenvalue weighted by atomic mass is 10.3. The zero-order chi connectivity index (χ0) is 13.6. The van der Waals surface area contributed by atoms with E-state index in [0.29, 0.717) is 6.61 Å². The van der Waals surface area contributed by atoms with Gasteiger partial charge in [-0.1, -0.05) is 19.1 Å². The van der Waals surface area contributed by atoms with E-state index in [1.807, 2.05) is 19.1 Å². The van der Waals surface area contributed by atoms with Crippen LogP contribution in [0.1, 0.15) is 13.8 Å². The summed E-state index contributed by atoms with van der Waals surface area (Å²) in [5.41, 5.74) is 0. The number of methoxy groups -OCH3 is 1. The fraction of sp³-hybridized carbons (Fsp3) is 0.538. The molecule has 0 aliphatic carbocycles. The minimum atomic E-state index is -2.26. The maximum Gasteiger partial charge on any atom is 0.388 e. The Bertz CT molecular complexity index is 349. The van der Waals surface area contributed by atoms with Gasteiger partial charge in [0, 0.05) is 6.61 Å². The predicted molar refractivity (Wildman–Crippen MR) is 77.4 cm³/mol. The Morgan fingerprint density at radius 3 is 2.17 bits per heavy atom. The van der Waals surface area contributed by atoms with Gasteiger partial charge in [-0.3, -0.25) is 9.55 Å². The average molecular weight is 268 g/mol. The maximum atomic E-state index is 6.10. The van der Waals surface area contributed by atoms with Crippen LogP contribution in [-0.2, 0) is 4.43 Å². The van der Waals surface area contributed by atoms with E-state index in [2.05, 4.69) is 42.7 Å². The van der Waals surface area contributed by atoms with Crippen LogP contribution in [0.4, 0.5) is 0 Å². The molecule has 18 heavy (non-hydrogen) atoms. The summed E-state index contributed by atoms with van der Waals surface area (Å²) in [5.74, 6) is 0.869. The Morgan fingerprint density at radius 2 is 1.78 bits per heavy atom. The number of hydrogen-bond donors (Lipinski definition) is 1. The summed E-state index contributed by atoms with van der Waals surface area (Å²) in [5, 5.41) is 1.21. The van der Waals surface area contributed by atoms with Crippen LogP contribution >= 0.6 is 0 Å². The first-order valence-corrected chi connectivity index (χ1v) is 8.17. The van der Waals surface area contributed by atoms with Crippen molar-refractivity contribution >= 4 is 13.8 Å². The van der Waals surface area contributed by atoms with E-state index in [9.17, 15) is 0 Å². The standard InChI is InChI=1S/C13H24N2O2Si/c1-6-14-18(15(3)4,17-7-2)13-10-8-12(16-5)9-11-13/h8-11,14H,6-7H2,1-5H3. The molecule has 0 radical (unpaired) electrons. The molecule has 1 unspecified atom stereocenters. The van der Waals surface area contributed by atoms with E-state index in [0.717, 1.165) is 12.3 Å². The molecule has 0 heterocycles. The summed E-state index contributed by atoms with van der Waals surface area (Å²) in [6.07, 6.45) is 0. The van der Waals surface area contributed by atoms with Gasteiger partial charge in [-0.25, -0.2) is 0 Å². The van der Waals surface area contributed by atoms with E-state index < -0.39 is 8.64 Å². The van der Waals surface area contributed by atoms with Gasteiger partial charge in [-0.05, 0) is 44.9 Å². The quantitative estimate of drug-likeness (QED) is 0.750. The number of ether oxygens (including phenoxy) is 1. The molecule has 4 nitrogen and oxygen atoms in total. The summed E-state index contributed by atoms with van der Waals surface area (Å²) in [7, 11) is 3.55. The fourth-order valence-corrected chi connectivity index (χ4v) is 5.13. The second kappa shape index (κ2) is 6.89. The van der Waals surface area contributed by atoms with Gasteiger partial charge in [0.25, 0.3) is 0 Å². The molecular weight excluding hydrogens is 244 g/mol. The molecule has 0 aliphatic heterocycles. The molecule has 0 bridgehead atoms. The number of nitrogens with one attached hydrogen (secondary N) is 1. The smallest absolute Gasteiger partial charge is 0.388 e. The van der Waals surface area contributed by atoms with Crippen molar-refractivity contribution in [1.29, 1.82) is 0 Å². The van der Waals surface area contributed by atoms with Gasteiger partial charge in [-0.2, -0.15) is 0 Å². The summed E-state index contributed by atoms with van der Waals surface area (Å²) in [4.78, 5) is 3.55. The van der Waals surface area contributed by atoms with Crippen molar-refractivity contribution in [3.05, 3.63) is 24.3 Å². The van der Waals surface area contributed by atoms with Crippen molar-refractivity contribution < 1.29 is 9.16 Å². The summed E-state index contributed by atoms with van der Waals surface area (Å²) < 4.78 is 13.5. The number of hydrogen-bond acceptors (Lipinski definition) is 4. The monoisotopic (exact) mass is 268 g/mol. The SMILES string of the molecule is CCN[Si](OCC)(c1ccc(OC)cc1)N(C)C. The lowest BCUT2D eigenvalue weighted by Crippen LogP contribution is -2.71. The van der Waals surface area contributed by atoms with Crippen LogP contribution in [-0.4, -0.2) is 47.6 Å². The highest BCUT2D eigenvalue weighted by atomic mass is 28.4. The lowest BCUT2D eigenvalue weighted by Gasteiger charge is -2.36. The lowest BCUT2D eigenvalue weighted by molar-refractivity contribution is 0.275. The Morgan fingerprint density at radius 1 is 1.17 bits per heavy atom. The third kappa shape index (κ3) is 3.11. The van der Waals surface area contributed by atoms with E-state index in [-0.39, 0.29) is 0 Å². The minimum Gasteiger partial charge on any atom is -0.497 e. The van der Waals surface area contributed by atoms with E-state index in [4.69, 9.17) is 9.16 Å². The third-order valence-corrected chi connectivity index (χ3v) is 6.80. The van der Waals surface area contributed by atoms with E-state index in [1.165, 1.54) is 5.19 Å². The molecule has 102 valence electrons. The van der Waals surface area contributed by atoms with E-state index >= 15 is 0 Å². The summed E-state index contributed by atoms with van der Waals surface area (Å²) in [6, 6.07) is 8.14. The van der Waals surface area contributed by atoms with Crippen molar-refractivity contribution in [2.24, 2.45) is 0 Å². The third-order valence-electron chi connectivity index (χ3n) is 2.88. The molecule has 0 aromatic heterocycles. The van der Waals surface area contributed by atoms with Crippen molar-refractivity contribution in [1.82, 2.24) is 9.55 Å². The molecule has 0 aliphatic rings. The molecule has 0 saturated heterocycles. The number of benzene rings is 1. The molecule has 1 rings (SSSR count). The molecule has 1 aromatic rings. The molecule has 0 amide bonds. The molecule has 1 N–H and O–H groups in total. The largest absolute Gasteiger partial charge is 0.497 e. The van der Waals surface area contributed by atoms with Gasteiger partial charge in [0.15, 0.2) is 0 Å². The highest BCUT2D eigenvalue weighted by Gasteiger charge is 2.40. The number of nitrogens with zero attached hydrogens (tertiary/aromatic N) is 1. The summed E-state index contributed by atoms with van der Waals surface area (Å²) >= 11 is 0. The highest BCUT2D eigenvalue weighted by molar-refractivity contribution is 6.81. The van der Waals surface area contributed by atoms with Gasteiger partial charge in [0.05, 0.1) is 7.11 Å². The van der Waals surface area contributed by atoms with Crippen LogP contribution in [0.15, 0.2) is 24.3 Å². The Hall–Kier alpha value is -0.883. The van der Waals surface area contributed by atoms with Gasteiger partial charge < -0.3 is 9.16 Å². The van der Waals surface area contributed by atoms with Crippen molar-refractivity contribution in [3.8, 4) is 5.75 Å². The van der Waals surface area contributed by atoms with Crippen molar-refractivity contribution in [3.63, 3.8) is 0 Å². The molecular formula is C13H24N2O2Si. The van der Waals surface area contributed by atoms with Crippen LogP contribution < -0.4 is 14.9 Å². The Kier molecular flexibility index (Phi) is 5.81. The van der Waals surface area contributed by atoms with Crippen LogP contribution in [0.3, 0.4) is 0 Å². The normalized spacial score (nSPS) is 14.6. The molecule has 1 aromatic carbocycles. The zero-order valence-electron chi connectivity index (χ0n) is 12.0. The molecule has 0 saturated carbocycles. The van der Waals surface area contributed by atoms with Gasteiger partial charge >= 0.3 is 8.64 Å². The van der Waals surface area contributed by atoms with Crippen LogP contribution in [0.2, 0.25) is 0 Å².